The summed E-state index contributed by atoms with van der Waals surface area (Å²) in [7, 11) is 0. The summed E-state index contributed by atoms with van der Waals surface area (Å²) >= 11 is 0. The van der Waals surface area contributed by atoms with Gasteiger partial charge in [0, 0.05) is 49.2 Å². The van der Waals surface area contributed by atoms with Gasteiger partial charge in [-0.05, 0) is 48.5 Å². The number of hydrogen-bond acceptors (Lipinski definition) is 9. The standard InChI is InChI=1S/C27H28N6O4/c28-16-20-15-19(1-6-24(20)37-23-8-10-33(17-23)26(35)18-34)27-29-9-7-25(31-27)30-21-2-4-22(5-3-21)32-11-13-36-14-12-32/h1-7,9,15,23,34H,8,10-14,17-18H2,(H,29,30,31)/t23-/m1/s1. The average molecular weight is 501 g/mol. The fraction of sp³-hybridized carbons (Fsp3) is 0.333. The first-order valence-corrected chi connectivity index (χ1v) is 12.3. The number of carbonyl (C=O) groups is 1. The highest BCUT2D eigenvalue weighted by Gasteiger charge is 2.27. The highest BCUT2D eigenvalue weighted by Crippen LogP contribution is 2.28. The summed E-state index contributed by atoms with van der Waals surface area (Å²) in [5.41, 5.74) is 3.13. The fourth-order valence-electron chi connectivity index (χ4n) is 4.48. The lowest BCUT2D eigenvalue weighted by atomic mass is 10.1. The molecule has 0 aliphatic carbocycles. The molecule has 1 aromatic heterocycles. The molecule has 2 aliphatic heterocycles. The van der Waals surface area contributed by atoms with Crippen LogP contribution in [0.25, 0.3) is 11.4 Å². The van der Waals surface area contributed by atoms with E-state index < -0.39 is 6.61 Å². The lowest BCUT2D eigenvalue weighted by molar-refractivity contribution is -0.133. The molecular formula is C27H28N6O4. The Morgan fingerprint density at radius 1 is 1.16 bits per heavy atom. The molecule has 2 saturated heterocycles. The zero-order valence-electron chi connectivity index (χ0n) is 20.3. The molecule has 0 spiro atoms. The Labute approximate surface area is 215 Å². The molecule has 10 nitrogen and oxygen atoms in total. The number of carbonyl (C=O) groups excluding carboxylic acids is 1. The smallest absolute Gasteiger partial charge is 0.248 e. The molecule has 190 valence electrons. The van der Waals surface area contributed by atoms with Gasteiger partial charge >= 0.3 is 0 Å². The molecule has 2 N–H and O–H groups in total. The van der Waals surface area contributed by atoms with Crippen LogP contribution in [-0.4, -0.2) is 78.0 Å². The van der Waals surface area contributed by atoms with Crippen molar-refractivity contribution in [2.75, 3.05) is 56.2 Å². The van der Waals surface area contributed by atoms with E-state index in [0.29, 0.717) is 48.0 Å². The summed E-state index contributed by atoms with van der Waals surface area (Å²) in [4.78, 5) is 24.6. The summed E-state index contributed by atoms with van der Waals surface area (Å²) in [5, 5.41) is 22.1. The number of aromatic nitrogens is 2. The molecule has 2 aromatic carbocycles. The van der Waals surface area contributed by atoms with Gasteiger partial charge in [-0.25, -0.2) is 9.97 Å². The Bertz CT molecular complexity index is 1290. The maximum atomic E-state index is 11.7. The molecule has 5 rings (SSSR count). The van der Waals surface area contributed by atoms with Gasteiger partial charge in [0.05, 0.1) is 25.3 Å². The third kappa shape index (κ3) is 5.80. The van der Waals surface area contributed by atoms with Gasteiger partial charge in [-0.2, -0.15) is 5.26 Å². The van der Waals surface area contributed by atoms with Gasteiger partial charge in [-0.15, -0.1) is 0 Å². The third-order valence-corrected chi connectivity index (χ3v) is 6.46. The van der Waals surface area contributed by atoms with Crippen molar-refractivity contribution in [2.24, 2.45) is 0 Å². The molecule has 0 bridgehead atoms. The monoisotopic (exact) mass is 500 g/mol. The van der Waals surface area contributed by atoms with E-state index in [-0.39, 0.29) is 12.0 Å². The molecule has 37 heavy (non-hydrogen) atoms. The number of aliphatic hydroxyl groups is 1. The Balaban J connectivity index is 1.26. The number of nitrogens with zero attached hydrogens (tertiary/aromatic N) is 5. The summed E-state index contributed by atoms with van der Waals surface area (Å²) < 4.78 is 11.4. The van der Waals surface area contributed by atoms with Crippen molar-refractivity contribution in [1.82, 2.24) is 14.9 Å². The first-order valence-electron chi connectivity index (χ1n) is 12.3. The number of aliphatic hydroxyl groups excluding tert-OH is 1. The van der Waals surface area contributed by atoms with Gasteiger partial charge in [0.2, 0.25) is 5.91 Å². The number of benzene rings is 2. The topological polar surface area (TPSA) is 124 Å². The second-order valence-corrected chi connectivity index (χ2v) is 8.89. The van der Waals surface area contributed by atoms with Crippen molar-refractivity contribution in [1.29, 1.82) is 5.26 Å². The quantitative estimate of drug-likeness (QED) is 0.504. The van der Waals surface area contributed by atoms with E-state index in [1.807, 2.05) is 18.2 Å². The Hall–Kier alpha value is -4.20. The van der Waals surface area contributed by atoms with Crippen LogP contribution in [0.15, 0.2) is 54.7 Å². The van der Waals surface area contributed by atoms with Gasteiger partial charge in [0.1, 0.15) is 30.3 Å². The van der Waals surface area contributed by atoms with Crippen LogP contribution in [0.4, 0.5) is 17.2 Å². The molecule has 2 aliphatic rings. The zero-order chi connectivity index (χ0) is 25.6. The first kappa shape index (κ1) is 24.5. The minimum Gasteiger partial charge on any atom is -0.487 e. The number of rotatable bonds is 7. The van der Waals surface area contributed by atoms with Crippen molar-refractivity contribution < 1.29 is 19.4 Å². The van der Waals surface area contributed by atoms with E-state index in [9.17, 15) is 10.1 Å². The normalized spacial score (nSPS) is 17.4. The summed E-state index contributed by atoms with van der Waals surface area (Å²) in [6.07, 6.45) is 2.09. The van der Waals surface area contributed by atoms with Crippen LogP contribution in [0, 0.1) is 11.3 Å². The molecular weight excluding hydrogens is 472 g/mol. The lowest BCUT2D eigenvalue weighted by Crippen LogP contribution is -2.36. The van der Waals surface area contributed by atoms with Crippen LogP contribution in [0.3, 0.4) is 0 Å². The molecule has 1 atom stereocenters. The van der Waals surface area contributed by atoms with Crippen molar-refractivity contribution in [3.05, 3.63) is 60.3 Å². The minimum absolute atomic E-state index is 0.230. The molecule has 0 radical (unpaired) electrons. The number of nitriles is 1. The van der Waals surface area contributed by atoms with E-state index in [1.54, 1.807) is 29.3 Å². The van der Waals surface area contributed by atoms with Crippen LogP contribution >= 0.6 is 0 Å². The average Bonchev–Trinajstić information content (AvgIpc) is 3.42. The van der Waals surface area contributed by atoms with E-state index in [0.717, 1.165) is 37.7 Å². The van der Waals surface area contributed by atoms with E-state index in [1.165, 1.54) is 0 Å². The molecule has 10 heteroatoms. The summed E-state index contributed by atoms with van der Waals surface area (Å²) in [5.74, 6) is 1.26. The van der Waals surface area contributed by atoms with Crippen molar-refractivity contribution in [2.45, 2.75) is 12.5 Å². The first-order chi connectivity index (χ1) is 18.1. The van der Waals surface area contributed by atoms with Crippen LogP contribution in [0.1, 0.15) is 12.0 Å². The second-order valence-electron chi connectivity index (χ2n) is 8.89. The molecule has 2 fully saturated rings. The lowest BCUT2D eigenvalue weighted by Gasteiger charge is -2.28. The minimum atomic E-state index is -0.515. The van der Waals surface area contributed by atoms with Crippen molar-refractivity contribution >= 4 is 23.1 Å². The number of hydrogen-bond donors (Lipinski definition) is 2. The van der Waals surface area contributed by atoms with Crippen LogP contribution in [0.5, 0.6) is 5.75 Å². The number of anilines is 3. The van der Waals surface area contributed by atoms with Gasteiger partial charge in [-0.3, -0.25) is 4.79 Å². The van der Waals surface area contributed by atoms with Gasteiger partial charge < -0.3 is 29.7 Å². The SMILES string of the molecule is N#Cc1cc(-c2nccc(Nc3ccc(N4CCOCC4)cc3)n2)ccc1O[C@@H]1CCN(C(=O)CO)C1. The maximum Gasteiger partial charge on any atom is 0.248 e. The largest absolute Gasteiger partial charge is 0.487 e. The highest BCUT2D eigenvalue weighted by molar-refractivity contribution is 5.77. The third-order valence-electron chi connectivity index (χ3n) is 6.46. The predicted octanol–water partition coefficient (Wildman–Crippen LogP) is 2.57. The Morgan fingerprint density at radius 3 is 2.73 bits per heavy atom. The summed E-state index contributed by atoms with van der Waals surface area (Å²) in [6, 6.07) is 17.4. The highest BCUT2D eigenvalue weighted by atomic mass is 16.5. The van der Waals surface area contributed by atoms with Gasteiger partial charge in [-0.1, -0.05) is 0 Å². The van der Waals surface area contributed by atoms with E-state index in [2.05, 4.69) is 38.4 Å². The van der Waals surface area contributed by atoms with Crippen molar-refractivity contribution in [3.63, 3.8) is 0 Å². The van der Waals surface area contributed by atoms with Crippen LogP contribution in [0.2, 0.25) is 0 Å². The van der Waals surface area contributed by atoms with Gasteiger partial charge in [0.25, 0.3) is 0 Å². The Morgan fingerprint density at radius 2 is 1.97 bits per heavy atom. The molecule has 0 unspecified atom stereocenters. The molecule has 0 saturated carbocycles. The van der Waals surface area contributed by atoms with E-state index in [4.69, 9.17) is 14.6 Å². The van der Waals surface area contributed by atoms with Crippen molar-refractivity contribution in [3.8, 4) is 23.2 Å². The predicted molar refractivity (Wildman–Crippen MR) is 138 cm³/mol. The van der Waals surface area contributed by atoms with Gasteiger partial charge in [0.15, 0.2) is 5.82 Å². The number of ether oxygens (including phenoxy) is 2. The summed E-state index contributed by atoms with van der Waals surface area (Å²) in [6.45, 7) is 3.66. The van der Waals surface area contributed by atoms with Crippen LogP contribution in [-0.2, 0) is 9.53 Å². The Kier molecular flexibility index (Phi) is 7.44. The number of amides is 1. The molecule has 3 aromatic rings. The zero-order valence-corrected chi connectivity index (χ0v) is 20.3. The number of morpholine rings is 1. The molecule has 1 amide bonds. The van der Waals surface area contributed by atoms with Crippen LogP contribution < -0.4 is 15.0 Å². The molecule has 3 heterocycles. The fourth-order valence-corrected chi connectivity index (χ4v) is 4.48. The number of likely N-dealkylation sites (tertiary alicyclic amines) is 1. The second kappa shape index (κ2) is 11.2. The maximum absolute atomic E-state index is 11.7. The van der Waals surface area contributed by atoms with E-state index >= 15 is 0 Å². The number of nitrogens with one attached hydrogen (secondary N) is 1.